The van der Waals surface area contributed by atoms with Gasteiger partial charge in [0, 0.05) is 18.2 Å². The van der Waals surface area contributed by atoms with E-state index in [-0.39, 0.29) is 6.79 Å². The molecule has 0 radical (unpaired) electrons. The molecule has 5 heteroatoms. The first-order chi connectivity index (χ1) is 7.35. The molecule has 1 aromatic rings. The maximum absolute atomic E-state index is 5.27. The van der Waals surface area contributed by atoms with E-state index < -0.39 is 0 Å². The average molecular weight is 211 g/mol. The zero-order chi connectivity index (χ0) is 10.7. The van der Waals surface area contributed by atoms with Crippen LogP contribution in [0.3, 0.4) is 0 Å². The first-order valence-corrected chi connectivity index (χ1v) is 4.57. The number of ether oxygens (including phenoxy) is 3. The summed E-state index contributed by atoms with van der Waals surface area (Å²) >= 11 is 0. The Hall–Kier alpha value is -1.46. The van der Waals surface area contributed by atoms with Gasteiger partial charge in [-0.15, -0.1) is 0 Å². The van der Waals surface area contributed by atoms with Gasteiger partial charge in [-0.25, -0.2) is 0 Å². The smallest absolute Gasteiger partial charge is 0.231 e. The van der Waals surface area contributed by atoms with E-state index in [4.69, 9.17) is 19.0 Å². The lowest BCUT2D eigenvalue weighted by Gasteiger charge is -2.09. The zero-order valence-corrected chi connectivity index (χ0v) is 8.70. The summed E-state index contributed by atoms with van der Waals surface area (Å²) < 4.78 is 15.8. The lowest BCUT2D eigenvalue weighted by atomic mass is 10.2. The normalized spacial score (nSPS) is 12.9. The van der Waals surface area contributed by atoms with Crippen LogP contribution in [0.4, 0.5) is 0 Å². The summed E-state index contributed by atoms with van der Waals surface area (Å²) in [5, 5.41) is 0. The molecular weight excluding hydrogens is 198 g/mol. The van der Waals surface area contributed by atoms with Crippen LogP contribution in [-0.4, -0.2) is 21.0 Å². The van der Waals surface area contributed by atoms with Crippen LogP contribution in [-0.2, 0) is 11.4 Å². The van der Waals surface area contributed by atoms with E-state index in [1.165, 1.54) is 0 Å². The minimum Gasteiger partial charge on any atom is -0.496 e. The quantitative estimate of drug-likeness (QED) is 0.755. The Kier molecular flexibility index (Phi) is 2.94. The Balaban J connectivity index is 2.27. The first-order valence-electron chi connectivity index (χ1n) is 4.57. The molecule has 0 spiro atoms. The molecule has 1 aliphatic heterocycles. The molecule has 5 nitrogen and oxygen atoms in total. The van der Waals surface area contributed by atoms with Gasteiger partial charge in [0.05, 0.1) is 14.2 Å². The molecule has 1 N–H and O–H groups in total. The highest BCUT2D eigenvalue weighted by atomic mass is 16.7. The summed E-state index contributed by atoms with van der Waals surface area (Å²) in [5.41, 5.74) is 3.72. The van der Waals surface area contributed by atoms with Crippen LogP contribution in [0, 0.1) is 0 Å². The Bertz CT molecular complexity index is 354. The van der Waals surface area contributed by atoms with Gasteiger partial charge in [0.15, 0.2) is 11.5 Å². The van der Waals surface area contributed by atoms with E-state index in [1.54, 1.807) is 14.2 Å². The second-order valence-electron chi connectivity index (χ2n) is 3.04. The van der Waals surface area contributed by atoms with Crippen molar-refractivity contribution in [3.8, 4) is 17.2 Å². The van der Waals surface area contributed by atoms with Crippen LogP contribution < -0.4 is 19.7 Å². The van der Waals surface area contributed by atoms with Crippen LogP contribution in [0.2, 0.25) is 0 Å². The molecule has 0 saturated carbocycles. The second-order valence-corrected chi connectivity index (χ2v) is 3.04. The summed E-state index contributed by atoms with van der Waals surface area (Å²) in [6.45, 7) is 0.815. The van der Waals surface area contributed by atoms with Gasteiger partial charge < -0.3 is 19.0 Å². The first kappa shape index (κ1) is 10.1. The van der Waals surface area contributed by atoms with Gasteiger partial charge in [-0.1, -0.05) is 0 Å². The SMILES string of the molecule is CONCc1cc2c(cc1OC)OCO2. The topological polar surface area (TPSA) is 49.0 Å². The largest absolute Gasteiger partial charge is 0.496 e. The number of methoxy groups -OCH3 is 1. The number of hydroxylamine groups is 1. The van der Waals surface area contributed by atoms with E-state index in [1.807, 2.05) is 12.1 Å². The van der Waals surface area contributed by atoms with E-state index >= 15 is 0 Å². The van der Waals surface area contributed by atoms with Gasteiger partial charge in [-0.2, -0.15) is 5.48 Å². The highest BCUT2D eigenvalue weighted by molar-refractivity contribution is 5.51. The molecule has 0 aliphatic carbocycles. The Morgan fingerprint density at radius 3 is 2.67 bits per heavy atom. The maximum Gasteiger partial charge on any atom is 0.231 e. The molecule has 0 amide bonds. The van der Waals surface area contributed by atoms with Crippen LogP contribution in [0.25, 0.3) is 0 Å². The van der Waals surface area contributed by atoms with Crippen LogP contribution in [0.1, 0.15) is 5.56 Å². The summed E-state index contributed by atoms with van der Waals surface area (Å²) in [6.07, 6.45) is 0. The van der Waals surface area contributed by atoms with Crippen molar-refractivity contribution in [2.45, 2.75) is 6.54 Å². The Morgan fingerprint density at radius 2 is 2.00 bits per heavy atom. The molecule has 15 heavy (non-hydrogen) atoms. The van der Waals surface area contributed by atoms with Crippen molar-refractivity contribution in [2.24, 2.45) is 0 Å². The number of rotatable bonds is 4. The summed E-state index contributed by atoms with van der Waals surface area (Å²) in [6, 6.07) is 3.70. The molecule has 82 valence electrons. The molecular formula is C10H13NO4. The van der Waals surface area contributed by atoms with E-state index in [0.717, 1.165) is 17.1 Å². The predicted octanol–water partition coefficient (Wildman–Crippen LogP) is 1.07. The van der Waals surface area contributed by atoms with E-state index in [0.29, 0.717) is 12.3 Å². The summed E-state index contributed by atoms with van der Waals surface area (Å²) in [5.74, 6) is 2.21. The lowest BCUT2D eigenvalue weighted by Crippen LogP contribution is -2.11. The highest BCUT2D eigenvalue weighted by Gasteiger charge is 2.17. The van der Waals surface area contributed by atoms with Crippen LogP contribution in [0.15, 0.2) is 12.1 Å². The maximum atomic E-state index is 5.27. The third-order valence-electron chi connectivity index (χ3n) is 2.18. The number of benzene rings is 1. The molecule has 1 aliphatic rings. The number of hydrogen-bond acceptors (Lipinski definition) is 5. The number of hydrogen-bond donors (Lipinski definition) is 1. The van der Waals surface area contributed by atoms with Crippen molar-refractivity contribution in [3.63, 3.8) is 0 Å². The van der Waals surface area contributed by atoms with Gasteiger partial charge in [-0.3, -0.25) is 0 Å². The standard InChI is InChI=1S/C10H13NO4/c1-12-8-4-10-9(14-6-15-10)3-7(8)5-11-13-2/h3-4,11H,5-6H2,1-2H3. The third-order valence-corrected chi connectivity index (χ3v) is 2.18. The molecule has 0 unspecified atom stereocenters. The van der Waals surface area contributed by atoms with Crippen molar-refractivity contribution < 1.29 is 19.0 Å². The van der Waals surface area contributed by atoms with Gasteiger partial charge in [-0.05, 0) is 6.07 Å². The van der Waals surface area contributed by atoms with Gasteiger partial charge >= 0.3 is 0 Å². The Morgan fingerprint density at radius 1 is 1.27 bits per heavy atom. The Labute approximate surface area is 87.8 Å². The fraction of sp³-hybridized carbons (Fsp3) is 0.400. The van der Waals surface area contributed by atoms with Crippen molar-refractivity contribution in [1.29, 1.82) is 0 Å². The molecule has 0 aromatic heterocycles. The third kappa shape index (κ3) is 1.98. The van der Waals surface area contributed by atoms with E-state index in [9.17, 15) is 0 Å². The van der Waals surface area contributed by atoms with Crippen molar-refractivity contribution in [3.05, 3.63) is 17.7 Å². The summed E-state index contributed by atoms with van der Waals surface area (Å²) in [4.78, 5) is 4.79. The van der Waals surface area contributed by atoms with E-state index in [2.05, 4.69) is 5.48 Å². The highest BCUT2D eigenvalue weighted by Crippen LogP contribution is 2.37. The van der Waals surface area contributed by atoms with Crippen molar-refractivity contribution in [1.82, 2.24) is 5.48 Å². The molecule has 0 saturated heterocycles. The van der Waals surface area contributed by atoms with Gasteiger partial charge in [0.25, 0.3) is 0 Å². The zero-order valence-electron chi connectivity index (χ0n) is 8.70. The molecule has 0 bridgehead atoms. The number of fused-ring (bicyclic) bond motifs is 1. The minimum atomic E-state index is 0.264. The second kappa shape index (κ2) is 4.37. The molecule has 0 atom stereocenters. The molecule has 2 rings (SSSR count). The minimum absolute atomic E-state index is 0.264. The molecule has 1 heterocycles. The van der Waals surface area contributed by atoms with Gasteiger partial charge in [0.1, 0.15) is 5.75 Å². The fourth-order valence-electron chi connectivity index (χ4n) is 1.44. The lowest BCUT2D eigenvalue weighted by molar-refractivity contribution is 0.0861. The van der Waals surface area contributed by atoms with Crippen molar-refractivity contribution in [2.75, 3.05) is 21.0 Å². The fourth-order valence-corrected chi connectivity index (χ4v) is 1.44. The number of nitrogens with one attached hydrogen (secondary N) is 1. The van der Waals surface area contributed by atoms with Gasteiger partial charge in [0.2, 0.25) is 6.79 Å². The van der Waals surface area contributed by atoms with Crippen molar-refractivity contribution >= 4 is 0 Å². The van der Waals surface area contributed by atoms with Crippen LogP contribution >= 0.6 is 0 Å². The van der Waals surface area contributed by atoms with Crippen LogP contribution in [0.5, 0.6) is 17.2 Å². The monoisotopic (exact) mass is 211 g/mol. The average Bonchev–Trinajstić information content (AvgIpc) is 2.71. The molecule has 0 fully saturated rings. The summed E-state index contributed by atoms with van der Waals surface area (Å²) in [7, 11) is 3.19. The molecule has 1 aromatic carbocycles. The predicted molar refractivity (Wildman–Crippen MR) is 53.0 cm³/mol.